The Labute approximate surface area is 119 Å². The second-order valence-corrected chi connectivity index (χ2v) is 4.92. The van der Waals surface area contributed by atoms with E-state index in [1.54, 1.807) is 14.2 Å². The fourth-order valence-electron chi connectivity index (χ4n) is 2.56. The van der Waals surface area contributed by atoms with E-state index < -0.39 is 0 Å². The van der Waals surface area contributed by atoms with Crippen LogP contribution in [0.15, 0.2) is 18.2 Å². The average Bonchev–Trinajstić information content (AvgIpc) is 2.95. The molecule has 0 saturated carbocycles. The van der Waals surface area contributed by atoms with Crippen LogP contribution in [-0.4, -0.2) is 45.3 Å². The van der Waals surface area contributed by atoms with E-state index in [0.29, 0.717) is 0 Å². The van der Waals surface area contributed by atoms with Gasteiger partial charge in [-0.1, -0.05) is 6.07 Å². The van der Waals surface area contributed by atoms with Crippen LogP contribution in [0.5, 0.6) is 11.5 Å². The molecule has 5 nitrogen and oxygen atoms in total. The number of hydrogen-bond acceptors (Lipinski definition) is 5. The Hall–Kier alpha value is -1.75. The molecule has 0 unspecified atom stereocenters. The number of ether oxygens (including phenoxy) is 3. The molecule has 2 rings (SSSR count). The van der Waals surface area contributed by atoms with E-state index in [2.05, 4.69) is 4.90 Å². The summed E-state index contributed by atoms with van der Waals surface area (Å²) in [5.41, 5.74) is 1.10. The SMILES string of the molecule is COC(=O)[C@H]1CCN(Cc2ccc(OC)cc2OC)C1. The Kier molecular flexibility index (Phi) is 4.84. The molecule has 0 spiro atoms. The van der Waals surface area contributed by atoms with Crippen LogP contribution in [0.3, 0.4) is 0 Å². The molecule has 20 heavy (non-hydrogen) atoms. The van der Waals surface area contributed by atoms with Gasteiger partial charge in [0.1, 0.15) is 11.5 Å². The standard InChI is InChI=1S/C15H21NO4/c1-18-13-5-4-11(14(8-13)19-2)9-16-7-6-12(10-16)15(17)20-3/h4-5,8,12H,6-7,9-10H2,1-3H3/t12-/m0/s1. The highest BCUT2D eigenvalue weighted by Gasteiger charge is 2.29. The fraction of sp³-hybridized carbons (Fsp3) is 0.533. The summed E-state index contributed by atoms with van der Waals surface area (Å²) < 4.78 is 15.4. The molecule has 1 atom stereocenters. The first-order valence-corrected chi connectivity index (χ1v) is 6.69. The fourth-order valence-corrected chi connectivity index (χ4v) is 2.56. The van der Waals surface area contributed by atoms with Crippen LogP contribution in [-0.2, 0) is 16.1 Å². The maximum atomic E-state index is 11.5. The molecule has 1 aliphatic heterocycles. The van der Waals surface area contributed by atoms with Gasteiger partial charge in [0, 0.05) is 24.7 Å². The molecule has 5 heteroatoms. The van der Waals surface area contributed by atoms with E-state index in [0.717, 1.165) is 43.1 Å². The van der Waals surface area contributed by atoms with E-state index in [1.165, 1.54) is 7.11 Å². The van der Waals surface area contributed by atoms with Crippen LogP contribution in [0.2, 0.25) is 0 Å². The zero-order valence-electron chi connectivity index (χ0n) is 12.2. The summed E-state index contributed by atoms with van der Waals surface area (Å²) in [6.07, 6.45) is 0.852. The van der Waals surface area contributed by atoms with Gasteiger partial charge in [0.25, 0.3) is 0 Å². The van der Waals surface area contributed by atoms with Gasteiger partial charge < -0.3 is 14.2 Å². The predicted molar refractivity (Wildman–Crippen MR) is 74.9 cm³/mol. The van der Waals surface area contributed by atoms with Gasteiger partial charge in [0.05, 0.1) is 27.2 Å². The molecule has 1 aliphatic rings. The summed E-state index contributed by atoms with van der Waals surface area (Å²) in [5, 5.41) is 0. The van der Waals surface area contributed by atoms with Gasteiger partial charge in [-0.15, -0.1) is 0 Å². The van der Waals surface area contributed by atoms with Gasteiger partial charge in [0.2, 0.25) is 0 Å². The molecule has 1 aromatic rings. The maximum absolute atomic E-state index is 11.5. The second kappa shape index (κ2) is 6.61. The van der Waals surface area contributed by atoms with E-state index in [4.69, 9.17) is 14.2 Å². The van der Waals surface area contributed by atoms with Gasteiger partial charge in [-0.2, -0.15) is 0 Å². The Morgan fingerprint density at radius 3 is 2.75 bits per heavy atom. The quantitative estimate of drug-likeness (QED) is 0.768. The third-order valence-electron chi connectivity index (χ3n) is 3.70. The van der Waals surface area contributed by atoms with E-state index >= 15 is 0 Å². The predicted octanol–water partition coefficient (Wildman–Crippen LogP) is 1.70. The van der Waals surface area contributed by atoms with Gasteiger partial charge in [-0.05, 0) is 19.0 Å². The lowest BCUT2D eigenvalue weighted by Gasteiger charge is -2.18. The molecule has 0 N–H and O–H groups in total. The highest BCUT2D eigenvalue weighted by atomic mass is 16.5. The van der Waals surface area contributed by atoms with Crippen molar-refractivity contribution in [3.8, 4) is 11.5 Å². The summed E-state index contributed by atoms with van der Waals surface area (Å²) >= 11 is 0. The van der Waals surface area contributed by atoms with Crippen LogP contribution in [0.1, 0.15) is 12.0 Å². The van der Waals surface area contributed by atoms with Crippen molar-refractivity contribution in [2.24, 2.45) is 5.92 Å². The molecule has 0 bridgehead atoms. The summed E-state index contributed by atoms with van der Waals surface area (Å²) in [4.78, 5) is 13.8. The van der Waals surface area contributed by atoms with Crippen molar-refractivity contribution in [2.45, 2.75) is 13.0 Å². The van der Waals surface area contributed by atoms with Crippen molar-refractivity contribution in [1.29, 1.82) is 0 Å². The number of benzene rings is 1. The van der Waals surface area contributed by atoms with Crippen LogP contribution in [0.4, 0.5) is 0 Å². The lowest BCUT2D eigenvalue weighted by atomic mass is 10.1. The monoisotopic (exact) mass is 279 g/mol. The number of nitrogens with zero attached hydrogens (tertiary/aromatic N) is 1. The number of carbonyl (C=O) groups is 1. The number of carbonyl (C=O) groups excluding carboxylic acids is 1. The van der Waals surface area contributed by atoms with Crippen molar-refractivity contribution in [3.05, 3.63) is 23.8 Å². The van der Waals surface area contributed by atoms with Crippen molar-refractivity contribution in [1.82, 2.24) is 4.90 Å². The third kappa shape index (κ3) is 3.22. The van der Waals surface area contributed by atoms with Crippen LogP contribution in [0, 0.1) is 5.92 Å². The molecular weight excluding hydrogens is 258 g/mol. The van der Waals surface area contributed by atoms with Crippen LogP contribution in [0.25, 0.3) is 0 Å². The normalized spacial score (nSPS) is 18.9. The van der Waals surface area contributed by atoms with Gasteiger partial charge >= 0.3 is 5.97 Å². The lowest BCUT2D eigenvalue weighted by molar-refractivity contribution is -0.144. The minimum absolute atomic E-state index is 0.00996. The average molecular weight is 279 g/mol. The van der Waals surface area contributed by atoms with E-state index in [9.17, 15) is 4.79 Å². The zero-order valence-corrected chi connectivity index (χ0v) is 12.2. The number of esters is 1. The summed E-state index contributed by atoms with van der Waals surface area (Å²) in [6, 6.07) is 5.80. The summed E-state index contributed by atoms with van der Waals surface area (Å²) in [6.45, 7) is 2.40. The van der Waals surface area contributed by atoms with Gasteiger partial charge in [-0.3, -0.25) is 9.69 Å². The van der Waals surface area contributed by atoms with E-state index in [1.807, 2.05) is 18.2 Å². The first-order valence-electron chi connectivity index (χ1n) is 6.69. The number of hydrogen-bond donors (Lipinski definition) is 0. The highest BCUT2D eigenvalue weighted by molar-refractivity contribution is 5.72. The summed E-state index contributed by atoms with van der Waals surface area (Å²) in [7, 11) is 4.73. The molecule has 0 amide bonds. The van der Waals surface area contributed by atoms with Gasteiger partial charge in [0.15, 0.2) is 0 Å². The molecule has 1 fully saturated rings. The highest BCUT2D eigenvalue weighted by Crippen LogP contribution is 2.27. The molecule has 110 valence electrons. The van der Waals surface area contributed by atoms with Crippen molar-refractivity contribution >= 4 is 5.97 Å². The molecule has 0 radical (unpaired) electrons. The summed E-state index contributed by atoms with van der Waals surface area (Å²) in [5.74, 6) is 1.46. The first kappa shape index (κ1) is 14.7. The topological polar surface area (TPSA) is 48.0 Å². The Bertz CT molecular complexity index is 475. The van der Waals surface area contributed by atoms with Crippen molar-refractivity contribution in [2.75, 3.05) is 34.4 Å². The smallest absolute Gasteiger partial charge is 0.310 e. The van der Waals surface area contributed by atoms with Crippen molar-refractivity contribution < 1.29 is 19.0 Å². The lowest BCUT2D eigenvalue weighted by Crippen LogP contribution is -2.23. The van der Waals surface area contributed by atoms with Gasteiger partial charge in [-0.25, -0.2) is 0 Å². The maximum Gasteiger partial charge on any atom is 0.310 e. The molecule has 0 aromatic heterocycles. The molecule has 0 aliphatic carbocycles. The zero-order chi connectivity index (χ0) is 14.5. The Morgan fingerprint density at radius 2 is 2.10 bits per heavy atom. The number of rotatable bonds is 5. The molecule has 1 aromatic carbocycles. The third-order valence-corrected chi connectivity index (χ3v) is 3.70. The Balaban J connectivity index is 2.02. The number of methoxy groups -OCH3 is 3. The number of likely N-dealkylation sites (tertiary alicyclic amines) is 1. The molecule has 1 heterocycles. The first-order chi connectivity index (χ1) is 9.67. The van der Waals surface area contributed by atoms with Crippen LogP contribution >= 0.6 is 0 Å². The minimum atomic E-state index is -0.116. The Morgan fingerprint density at radius 1 is 1.30 bits per heavy atom. The van der Waals surface area contributed by atoms with E-state index in [-0.39, 0.29) is 11.9 Å². The largest absolute Gasteiger partial charge is 0.497 e. The van der Waals surface area contributed by atoms with Crippen LogP contribution < -0.4 is 9.47 Å². The molecule has 1 saturated heterocycles. The minimum Gasteiger partial charge on any atom is -0.497 e. The van der Waals surface area contributed by atoms with Crippen molar-refractivity contribution in [3.63, 3.8) is 0 Å². The molecular formula is C15H21NO4. The second-order valence-electron chi connectivity index (χ2n) is 4.92.